The maximum atomic E-state index is 13.7. The van der Waals surface area contributed by atoms with Crippen molar-refractivity contribution in [1.29, 1.82) is 0 Å². The number of nitrogens with two attached hydrogens (primary N) is 2. The van der Waals surface area contributed by atoms with Gasteiger partial charge in [0, 0.05) is 22.9 Å². The van der Waals surface area contributed by atoms with Crippen LogP contribution >= 0.6 is 0 Å². The highest BCUT2D eigenvalue weighted by Crippen LogP contribution is 2.38. The van der Waals surface area contributed by atoms with Gasteiger partial charge in [0.15, 0.2) is 0 Å². The molecule has 1 unspecified atom stereocenters. The fraction of sp³-hybridized carbons (Fsp3) is 0.0400. The molecule has 0 aliphatic heterocycles. The lowest BCUT2D eigenvalue weighted by Crippen LogP contribution is -2.13. The van der Waals surface area contributed by atoms with Crippen LogP contribution in [-0.4, -0.2) is 34.4 Å². The maximum absolute atomic E-state index is 13.7. The molecular weight excluding hydrogens is 552 g/mol. The molecule has 198 valence electrons. The molecule has 0 saturated carbocycles. The normalized spacial score (nSPS) is 16.3. The smallest absolute Gasteiger partial charge is 0.294 e. The number of allylic oxidation sites excluding steroid dienone is 4. The van der Waals surface area contributed by atoms with E-state index in [2.05, 4.69) is 6.58 Å². The Morgan fingerprint density at radius 3 is 1.95 bits per heavy atom. The van der Waals surface area contributed by atoms with Gasteiger partial charge in [0.25, 0.3) is 20.2 Å². The lowest BCUT2D eigenvalue weighted by molar-refractivity contribution is 0.481. The van der Waals surface area contributed by atoms with Crippen LogP contribution in [0.2, 0.25) is 0 Å². The predicted octanol–water partition coefficient (Wildman–Crippen LogP) is 3.58. The Kier molecular flexibility index (Phi) is 6.84. The minimum atomic E-state index is -4.95. The molecule has 0 radical (unpaired) electrons. The highest BCUT2D eigenvalue weighted by molar-refractivity contribution is 7.91. The Labute approximate surface area is 220 Å². The van der Waals surface area contributed by atoms with Gasteiger partial charge in [0.05, 0.1) is 19.6 Å². The molecule has 13 heteroatoms. The summed E-state index contributed by atoms with van der Waals surface area (Å²) in [7, 11) is -13.9. The third kappa shape index (κ3) is 5.28. The van der Waals surface area contributed by atoms with E-state index in [1.54, 1.807) is 24.3 Å². The van der Waals surface area contributed by atoms with Crippen molar-refractivity contribution in [1.82, 2.24) is 0 Å². The molecule has 1 aliphatic carbocycles. The van der Waals surface area contributed by atoms with Gasteiger partial charge < -0.3 is 11.5 Å². The van der Waals surface area contributed by atoms with E-state index < -0.39 is 50.7 Å². The monoisotopic (exact) mass is 574 g/mol. The Morgan fingerprint density at radius 2 is 1.37 bits per heavy atom. The van der Waals surface area contributed by atoms with E-state index in [-0.39, 0.29) is 21.7 Å². The van der Waals surface area contributed by atoms with E-state index in [9.17, 15) is 34.4 Å². The topological polar surface area (TPSA) is 195 Å². The number of hydrogen-bond donors (Lipinski definition) is 4. The first-order valence-corrected chi connectivity index (χ1v) is 15.1. The predicted molar refractivity (Wildman–Crippen MR) is 143 cm³/mol. The van der Waals surface area contributed by atoms with Gasteiger partial charge in [-0.1, -0.05) is 36.9 Å². The standard InChI is InChI=1S/C25H22N2O8S3/c1-15-12-20(37(30,31)32)8-10-21(15)23-11-7-19(14-25(23)38(33,34)35)36(28,29)24-13-18(27)6-9-22(24)16-2-4-17(26)5-3-16/h2-14,21H,1,26-27H2,(H,30,31,32)(H,33,34,35). The Hall–Kier alpha value is -3.75. The highest BCUT2D eigenvalue weighted by atomic mass is 32.2. The molecule has 0 amide bonds. The van der Waals surface area contributed by atoms with Crippen LogP contribution in [0.4, 0.5) is 11.4 Å². The second-order valence-electron chi connectivity index (χ2n) is 8.49. The van der Waals surface area contributed by atoms with Crippen molar-refractivity contribution in [3.05, 3.63) is 102 Å². The highest BCUT2D eigenvalue weighted by Gasteiger charge is 2.30. The van der Waals surface area contributed by atoms with Crippen molar-refractivity contribution in [2.24, 2.45) is 0 Å². The fourth-order valence-corrected chi connectivity index (χ4v) is 6.99. The van der Waals surface area contributed by atoms with Crippen molar-refractivity contribution in [3.63, 3.8) is 0 Å². The Balaban J connectivity index is 1.87. The summed E-state index contributed by atoms with van der Waals surface area (Å²) in [6, 6.07) is 13.9. The van der Waals surface area contributed by atoms with Gasteiger partial charge in [-0.25, -0.2) is 8.42 Å². The van der Waals surface area contributed by atoms with Gasteiger partial charge in [0.2, 0.25) is 9.84 Å². The minimum Gasteiger partial charge on any atom is -0.399 e. The number of nitrogen functional groups attached to an aromatic ring is 2. The molecule has 0 fully saturated rings. The zero-order valence-electron chi connectivity index (χ0n) is 19.5. The summed E-state index contributed by atoms with van der Waals surface area (Å²) >= 11 is 0. The van der Waals surface area contributed by atoms with Crippen LogP contribution in [-0.2, 0) is 30.1 Å². The van der Waals surface area contributed by atoms with Crippen molar-refractivity contribution < 1.29 is 34.4 Å². The van der Waals surface area contributed by atoms with Gasteiger partial charge in [-0.3, -0.25) is 9.11 Å². The average Bonchev–Trinajstić information content (AvgIpc) is 2.83. The van der Waals surface area contributed by atoms with Crippen LogP contribution in [0.25, 0.3) is 11.1 Å². The van der Waals surface area contributed by atoms with Crippen molar-refractivity contribution in [3.8, 4) is 11.1 Å². The molecule has 0 aromatic heterocycles. The number of sulfone groups is 1. The van der Waals surface area contributed by atoms with E-state index in [0.29, 0.717) is 16.8 Å². The summed E-state index contributed by atoms with van der Waals surface area (Å²) in [5.74, 6) is -0.938. The molecule has 0 saturated heterocycles. The molecule has 6 N–H and O–H groups in total. The summed E-state index contributed by atoms with van der Waals surface area (Å²) in [5, 5.41) is 0. The van der Waals surface area contributed by atoms with Crippen LogP contribution in [0.15, 0.2) is 111 Å². The van der Waals surface area contributed by atoms with Crippen LogP contribution in [0, 0.1) is 0 Å². The second-order valence-corrected chi connectivity index (χ2v) is 13.2. The van der Waals surface area contributed by atoms with E-state index in [1.165, 1.54) is 36.4 Å². The van der Waals surface area contributed by atoms with Gasteiger partial charge >= 0.3 is 0 Å². The van der Waals surface area contributed by atoms with Gasteiger partial charge in [-0.05, 0) is 65.3 Å². The van der Waals surface area contributed by atoms with Crippen molar-refractivity contribution >= 4 is 41.4 Å². The summed E-state index contributed by atoms with van der Waals surface area (Å²) in [6.45, 7) is 3.72. The van der Waals surface area contributed by atoms with E-state index in [1.807, 2.05) is 0 Å². The summed E-state index contributed by atoms with van der Waals surface area (Å²) in [6.07, 6.45) is 3.36. The molecule has 0 heterocycles. The zero-order chi connectivity index (χ0) is 28.0. The zero-order valence-corrected chi connectivity index (χ0v) is 22.0. The van der Waals surface area contributed by atoms with Crippen molar-refractivity contribution in [2.75, 3.05) is 11.5 Å². The molecule has 10 nitrogen and oxygen atoms in total. The second kappa shape index (κ2) is 9.53. The Bertz CT molecular complexity index is 1860. The molecule has 38 heavy (non-hydrogen) atoms. The molecule has 0 bridgehead atoms. The van der Waals surface area contributed by atoms with Gasteiger partial charge in [0.1, 0.15) is 0 Å². The number of hydrogen-bond acceptors (Lipinski definition) is 8. The summed E-state index contributed by atoms with van der Waals surface area (Å²) in [4.78, 5) is -1.80. The fourth-order valence-electron chi connectivity index (χ4n) is 4.05. The van der Waals surface area contributed by atoms with Gasteiger partial charge in [-0.2, -0.15) is 16.8 Å². The molecule has 1 atom stereocenters. The Morgan fingerprint density at radius 1 is 0.737 bits per heavy atom. The van der Waals surface area contributed by atoms with E-state index >= 15 is 0 Å². The largest absolute Gasteiger partial charge is 0.399 e. The lowest BCUT2D eigenvalue weighted by atomic mass is 9.89. The molecule has 4 rings (SSSR count). The third-order valence-electron chi connectivity index (χ3n) is 5.90. The van der Waals surface area contributed by atoms with Crippen LogP contribution in [0.1, 0.15) is 11.5 Å². The molecular formula is C25H22N2O8S3. The molecule has 3 aromatic rings. The minimum absolute atomic E-state index is 0.0512. The SMILES string of the molecule is C=C1C=C(S(=O)(=O)O)C=CC1c1ccc(S(=O)(=O)c2cc(N)ccc2-c2ccc(N)cc2)cc1S(=O)(=O)O. The molecule has 3 aromatic carbocycles. The lowest BCUT2D eigenvalue weighted by Gasteiger charge is -2.21. The van der Waals surface area contributed by atoms with E-state index in [0.717, 1.165) is 18.2 Å². The first-order chi connectivity index (χ1) is 17.6. The maximum Gasteiger partial charge on any atom is 0.294 e. The van der Waals surface area contributed by atoms with Crippen molar-refractivity contribution in [2.45, 2.75) is 20.6 Å². The van der Waals surface area contributed by atoms with Crippen LogP contribution in [0.3, 0.4) is 0 Å². The van der Waals surface area contributed by atoms with E-state index in [4.69, 9.17) is 11.5 Å². The van der Waals surface area contributed by atoms with Gasteiger partial charge in [-0.15, -0.1) is 0 Å². The first-order valence-electron chi connectivity index (χ1n) is 10.8. The molecule has 1 aliphatic rings. The third-order valence-corrected chi connectivity index (χ3v) is 9.45. The number of rotatable bonds is 6. The summed E-state index contributed by atoms with van der Waals surface area (Å²) < 4.78 is 94.3. The van der Waals surface area contributed by atoms with Crippen LogP contribution < -0.4 is 11.5 Å². The summed E-state index contributed by atoms with van der Waals surface area (Å²) in [5.41, 5.74) is 13.1. The van der Waals surface area contributed by atoms with Crippen LogP contribution in [0.5, 0.6) is 0 Å². The first kappa shape index (κ1) is 27.3. The molecule has 0 spiro atoms. The quantitative estimate of drug-likeness (QED) is 0.249. The average molecular weight is 575 g/mol. The number of anilines is 2. The number of benzene rings is 3.